The Bertz CT molecular complexity index is 452. The summed E-state index contributed by atoms with van der Waals surface area (Å²) in [7, 11) is 7.60. The highest BCUT2D eigenvalue weighted by molar-refractivity contribution is 8.00. The molecule has 6 heteroatoms. The Labute approximate surface area is 166 Å². The fourth-order valence-corrected chi connectivity index (χ4v) is 3.94. The van der Waals surface area contributed by atoms with Crippen molar-refractivity contribution < 1.29 is 19.0 Å². The van der Waals surface area contributed by atoms with Gasteiger partial charge in [0.25, 0.3) is 0 Å². The number of esters is 1. The minimum atomic E-state index is -0.816. The van der Waals surface area contributed by atoms with Crippen molar-refractivity contribution in [2.75, 3.05) is 19.5 Å². The van der Waals surface area contributed by atoms with Crippen molar-refractivity contribution >= 4 is 25.6 Å². The number of carbonyl (C=O) groups excluding carboxylic acids is 1. The van der Waals surface area contributed by atoms with E-state index in [2.05, 4.69) is 0 Å². The summed E-state index contributed by atoms with van der Waals surface area (Å²) >= 11 is 1.67. The van der Waals surface area contributed by atoms with Crippen molar-refractivity contribution in [3.63, 3.8) is 0 Å². The van der Waals surface area contributed by atoms with Crippen molar-refractivity contribution in [1.82, 2.24) is 0 Å². The van der Waals surface area contributed by atoms with Crippen LogP contribution in [0.15, 0.2) is 0 Å². The second-order valence-corrected chi connectivity index (χ2v) is 11.2. The van der Waals surface area contributed by atoms with E-state index in [1.807, 2.05) is 69.2 Å². The molecule has 0 fully saturated rings. The molecule has 0 aromatic carbocycles. The standard InChI is InChI=1S/C20H39BO4S/c1-14(21)20(10,16(22)23-11)19(8,9)26-13-15(25-18(5,6)7)12-24-17(2,3)4/h14-15H,12-13H2,1-11H3. The molecule has 0 saturated carbocycles. The lowest BCUT2D eigenvalue weighted by Gasteiger charge is -2.45. The fraction of sp³-hybridized carbons (Fsp3) is 0.950. The van der Waals surface area contributed by atoms with Gasteiger partial charge in [0.05, 0.1) is 44.3 Å². The van der Waals surface area contributed by atoms with Gasteiger partial charge in [0.2, 0.25) is 0 Å². The van der Waals surface area contributed by atoms with E-state index >= 15 is 0 Å². The number of hydrogen-bond acceptors (Lipinski definition) is 5. The van der Waals surface area contributed by atoms with E-state index in [-0.39, 0.29) is 29.1 Å². The zero-order valence-corrected chi connectivity index (χ0v) is 19.5. The molecule has 26 heavy (non-hydrogen) atoms. The van der Waals surface area contributed by atoms with E-state index in [1.165, 1.54) is 7.11 Å². The summed E-state index contributed by atoms with van der Waals surface area (Å²) in [6, 6.07) is 0. The molecule has 0 saturated heterocycles. The molecule has 3 unspecified atom stereocenters. The third kappa shape index (κ3) is 7.81. The van der Waals surface area contributed by atoms with Crippen LogP contribution in [0.25, 0.3) is 0 Å². The number of hydrogen-bond donors (Lipinski definition) is 0. The van der Waals surface area contributed by atoms with Gasteiger partial charge < -0.3 is 14.2 Å². The van der Waals surface area contributed by atoms with Gasteiger partial charge in [-0.15, -0.1) is 0 Å². The fourth-order valence-electron chi connectivity index (χ4n) is 2.60. The Morgan fingerprint density at radius 2 is 1.50 bits per heavy atom. The first-order valence-corrected chi connectivity index (χ1v) is 10.2. The van der Waals surface area contributed by atoms with Gasteiger partial charge in [0.1, 0.15) is 0 Å². The maximum atomic E-state index is 12.5. The smallest absolute Gasteiger partial charge is 0.312 e. The second-order valence-electron chi connectivity index (χ2n) is 9.58. The van der Waals surface area contributed by atoms with Crippen LogP contribution in [0.4, 0.5) is 0 Å². The quantitative estimate of drug-likeness (QED) is 0.426. The van der Waals surface area contributed by atoms with Gasteiger partial charge in [-0.1, -0.05) is 12.7 Å². The molecule has 0 aromatic rings. The molecule has 2 radical (unpaired) electrons. The van der Waals surface area contributed by atoms with Gasteiger partial charge in [0, 0.05) is 10.5 Å². The van der Waals surface area contributed by atoms with Crippen LogP contribution in [-0.4, -0.2) is 55.3 Å². The summed E-state index contributed by atoms with van der Waals surface area (Å²) < 4.78 is 16.8. The lowest BCUT2D eigenvalue weighted by atomic mass is 9.61. The Morgan fingerprint density at radius 3 is 1.85 bits per heavy atom. The van der Waals surface area contributed by atoms with E-state index in [0.29, 0.717) is 12.4 Å². The molecule has 0 aliphatic heterocycles. The predicted molar refractivity (Wildman–Crippen MR) is 112 cm³/mol. The molecule has 0 aliphatic rings. The average molecular weight is 386 g/mol. The van der Waals surface area contributed by atoms with E-state index in [1.54, 1.807) is 11.8 Å². The number of carbonyl (C=O) groups is 1. The van der Waals surface area contributed by atoms with Crippen molar-refractivity contribution in [3.8, 4) is 0 Å². The molecule has 0 N–H and O–H groups in total. The number of rotatable bonds is 9. The SMILES string of the molecule is [B]C(C)C(C)(C(=O)OC)C(C)(C)SCC(COC(C)(C)C)OC(C)(C)C. The first kappa shape index (κ1) is 25.8. The van der Waals surface area contributed by atoms with Crippen LogP contribution in [-0.2, 0) is 19.0 Å². The van der Waals surface area contributed by atoms with Gasteiger partial charge in [-0.3, -0.25) is 4.79 Å². The molecule has 0 heterocycles. The largest absolute Gasteiger partial charge is 0.469 e. The van der Waals surface area contributed by atoms with Gasteiger partial charge >= 0.3 is 5.97 Å². The maximum Gasteiger partial charge on any atom is 0.312 e. The molecule has 0 rings (SSSR count). The van der Waals surface area contributed by atoms with Crippen LogP contribution in [0.2, 0.25) is 5.82 Å². The first-order valence-electron chi connectivity index (χ1n) is 9.26. The van der Waals surface area contributed by atoms with Crippen molar-refractivity contribution in [3.05, 3.63) is 0 Å². The Balaban J connectivity index is 5.30. The predicted octanol–water partition coefficient (Wildman–Crippen LogP) is 4.65. The maximum absolute atomic E-state index is 12.5. The molecule has 0 spiro atoms. The number of ether oxygens (including phenoxy) is 3. The Morgan fingerprint density at radius 1 is 1.00 bits per heavy atom. The molecule has 0 bridgehead atoms. The van der Waals surface area contributed by atoms with Crippen LogP contribution >= 0.6 is 11.8 Å². The molecule has 0 aromatic heterocycles. The van der Waals surface area contributed by atoms with E-state index in [0.717, 1.165) is 0 Å². The molecule has 0 aliphatic carbocycles. The second kappa shape index (κ2) is 9.33. The van der Waals surface area contributed by atoms with E-state index < -0.39 is 10.2 Å². The number of thioether (sulfide) groups is 1. The van der Waals surface area contributed by atoms with Gasteiger partial charge in [-0.25, -0.2) is 0 Å². The lowest BCUT2D eigenvalue weighted by Crippen LogP contribution is -2.49. The summed E-state index contributed by atoms with van der Waals surface area (Å²) in [5, 5.41) is 0. The van der Waals surface area contributed by atoms with Crippen LogP contribution in [0, 0.1) is 5.41 Å². The normalized spacial score (nSPS) is 18.1. The highest BCUT2D eigenvalue weighted by Gasteiger charge is 2.50. The monoisotopic (exact) mass is 386 g/mol. The minimum absolute atomic E-state index is 0.0894. The summed E-state index contributed by atoms with van der Waals surface area (Å²) in [6.07, 6.45) is -0.0894. The summed E-state index contributed by atoms with van der Waals surface area (Å²) in [6.45, 7) is 20.5. The molecule has 0 amide bonds. The molecule has 152 valence electrons. The zero-order valence-electron chi connectivity index (χ0n) is 18.7. The van der Waals surface area contributed by atoms with E-state index in [4.69, 9.17) is 22.1 Å². The molecular weight excluding hydrogens is 347 g/mol. The van der Waals surface area contributed by atoms with Crippen LogP contribution in [0.5, 0.6) is 0 Å². The lowest BCUT2D eigenvalue weighted by molar-refractivity contribution is -0.153. The van der Waals surface area contributed by atoms with Crippen molar-refractivity contribution in [1.29, 1.82) is 0 Å². The first-order chi connectivity index (χ1) is 11.5. The Kier molecular flexibility index (Phi) is 9.26. The third-order valence-corrected chi connectivity index (χ3v) is 6.31. The average Bonchev–Trinajstić information content (AvgIpc) is 2.45. The third-order valence-electron chi connectivity index (χ3n) is 4.62. The highest BCUT2D eigenvalue weighted by Crippen LogP contribution is 2.49. The number of methoxy groups -OCH3 is 1. The molecule has 3 atom stereocenters. The highest BCUT2D eigenvalue weighted by atomic mass is 32.2. The van der Waals surface area contributed by atoms with E-state index in [9.17, 15) is 4.79 Å². The molecule has 4 nitrogen and oxygen atoms in total. The summed E-state index contributed by atoms with van der Waals surface area (Å²) in [5.74, 6) is 0.0640. The minimum Gasteiger partial charge on any atom is -0.469 e. The van der Waals surface area contributed by atoms with Crippen LogP contribution in [0.1, 0.15) is 69.2 Å². The van der Waals surface area contributed by atoms with Gasteiger partial charge in [0.15, 0.2) is 0 Å². The van der Waals surface area contributed by atoms with Crippen molar-refractivity contribution in [2.45, 2.75) is 97.1 Å². The zero-order chi connectivity index (χ0) is 21.0. The van der Waals surface area contributed by atoms with Crippen LogP contribution < -0.4 is 0 Å². The van der Waals surface area contributed by atoms with Crippen LogP contribution in [0.3, 0.4) is 0 Å². The van der Waals surface area contributed by atoms with Gasteiger partial charge in [-0.05, 0) is 62.3 Å². The topological polar surface area (TPSA) is 44.8 Å². The summed E-state index contributed by atoms with van der Waals surface area (Å²) in [5.41, 5.74) is -1.32. The molecular formula is C20H39BO4S. The Hall–Kier alpha value is -0.195. The summed E-state index contributed by atoms with van der Waals surface area (Å²) in [4.78, 5) is 12.5. The van der Waals surface area contributed by atoms with Crippen molar-refractivity contribution in [2.24, 2.45) is 5.41 Å². The van der Waals surface area contributed by atoms with Gasteiger partial charge in [-0.2, -0.15) is 11.8 Å².